The van der Waals surface area contributed by atoms with E-state index in [1.165, 1.54) is 10.5 Å². The minimum absolute atomic E-state index is 0.170. The molecule has 1 amide bonds. The van der Waals surface area contributed by atoms with Crippen molar-refractivity contribution >= 4 is 17.7 Å². The Morgan fingerprint density at radius 1 is 1.36 bits per heavy atom. The molecule has 2 rings (SSSR count). The van der Waals surface area contributed by atoms with Gasteiger partial charge in [-0.05, 0) is 30.4 Å². The minimum atomic E-state index is 0.170. The fourth-order valence-electron chi connectivity index (χ4n) is 1.70. The predicted molar refractivity (Wildman–Crippen MR) is 58.3 cm³/mol. The average molecular weight is 207 g/mol. The normalized spacial score (nSPS) is 20.9. The molecule has 0 aliphatic carbocycles. The molecule has 74 valence electrons. The molecule has 1 saturated heterocycles. The summed E-state index contributed by atoms with van der Waals surface area (Å²) in [4.78, 5) is 12.3. The van der Waals surface area contributed by atoms with E-state index in [1.54, 1.807) is 11.8 Å². The van der Waals surface area contributed by atoms with E-state index in [4.69, 9.17) is 0 Å². The Balaban J connectivity index is 2.13. The topological polar surface area (TPSA) is 29.1 Å². The lowest BCUT2D eigenvalue weighted by atomic mass is 10.1. The van der Waals surface area contributed by atoms with E-state index in [0.29, 0.717) is 6.42 Å². The summed E-state index contributed by atoms with van der Waals surface area (Å²) in [5.74, 6) is 0.170. The molecule has 0 radical (unpaired) electrons. The second kappa shape index (κ2) is 4.05. The van der Waals surface area contributed by atoms with Crippen LogP contribution in [-0.2, 0) is 4.79 Å². The standard InChI is InChI=1S/C11H13NOS/c1-14-9-4-2-8(3-5-9)10-6-7-11(13)12-10/h2-5,10H,6-7H2,1H3,(H,12,13)/t10-/m1/s1. The van der Waals surface area contributed by atoms with Crippen LogP contribution in [0, 0.1) is 0 Å². The van der Waals surface area contributed by atoms with Crippen LogP contribution < -0.4 is 5.32 Å². The zero-order valence-electron chi connectivity index (χ0n) is 8.12. The first-order valence-corrected chi connectivity index (χ1v) is 5.95. The predicted octanol–water partition coefficient (Wildman–Crippen LogP) is 2.36. The number of hydrogen-bond donors (Lipinski definition) is 1. The number of amides is 1. The van der Waals surface area contributed by atoms with E-state index in [-0.39, 0.29) is 11.9 Å². The van der Waals surface area contributed by atoms with Crippen LogP contribution in [0.25, 0.3) is 0 Å². The van der Waals surface area contributed by atoms with E-state index in [2.05, 4.69) is 35.8 Å². The molecule has 2 nitrogen and oxygen atoms in total. The molecule has 1 aromatic carbocycles. The number of rotatable bonds is 2. The molecule has 0 spiro atoms. The van der Waals surface area contributed by atoms with Crippen molar-refractivity contribution in [1.29, 1.82) is 0 Å². The maximum atomic E-state index is 11.0. The monoisotopic (exact) mass is 207 g/mol. The van der Waals surface area contributed by atoms with Gasteiger partial charge in [-0.3, -0.25) is 4.79 Å². The average Bonchev–Trinajstić information content (AvgIpc) is 2.65. The molecular weight excluding hydrogens is 194 g/mol. The first-order valence-electron chi connectivity index (χ1n) is 4.73. The van der Waals surface area contributed by atoms with Crippen molar-refractivity contribution in [2.24, 2.45) is 0 Å². The summed E-state index contributed by atoms with van der Waals surface area (Å²) in [6, 6.07) is 8.64. The molecule has 0 bridgehead atoms. The number of thioether (sulfide) groups is 1. The lowest BCUT2D eigenvalue weighted by Crippen LogP contribution is -2.18. The molecule has 14 heavy (non-hydrogen) atoms. The largest absolute Gasteiger partial charge is 0.349 e. The van der Waals surface area contributed by atoms with Crippen molar-refractivity contribution in [1.82, 2.24) is 5.32 Å². The quantitative estimate of drug-likeness (QED) is 0.754. The Labute approximate surface area is 88.1 Å². The molecule has 0 aromatic heterocycles. The highest BCUT2D eigenvalue weighted by molar-refractivity contribution is 7.98. The number of carbonyl (C=O) groups is 1. The van der Waals surface area contributed by atoms with Crippen molar-refractivity contribution in [3.05, 3.63) is 29.8 Å². The zero-order chi connectivity index (χ0) is 9.97. The van der Waals surface area contributed by atoms with Crippen molar-refractivity contribution in [2.45, 2.75) is 23.8 Å². The number of carbonyl (C=O) groups excluding carboxylic acids is 1. The van der Waals surface area contributed by atoms with Gasteiger partial charge in [-0.1, -0.05) is 12.1 Å². The Morgan fingerprint density at radius 2 is 2.07 bits per heavy atom. The molecule has 1 aromatic rings. The fourth-order valence-corrected chi connectivity index (χ4v) is 2.11. The lowest BCUT2D eigenvalue weighted by molar-refractivity contribution is -0.119. The summed E-state index contributed by atoms with van der Waals surface area (Å²) >= 11 is 1.73. The summed E-state index contributed by atoms with van der Waals surface area (Å²) in [6.45, 7) is 0. The summed E-state index contributed by atoms with van der Waals surface area (Å²) in [7, 11) is 0. The van der Waals surface area contributed by atoms with E-state index in [0.717, 1.165) is 6.42 Å². The molecule has 1 fully saturated rings. The molecule has 1 N–H and O–H groups in total. The molecule has 1 heterocycles. The minimum Gasteiger partial charge on any atom is -0.349 e. The highest BCUT2D eigenvalue weighted by Crippen LogP contribution is 2.25. The van der Waals surface area contributed by atoms with Gasteiger partial charge in [0.2, 0.25) is 5.91 Å². The maximum absolute atomic E-state index is 11.0. The molecule has 1 aliphatic rings. The Hall–Kier alpha value is -0.960. The fraction of sp³-hybridized carbons (Fsp3) is 0.364. The molecule has 1 aliphatic heterocycles. The van der Waals surface area contributed by atoms with E-state index >= 15 is 0 Å². The Bertz CT molecular complexity index is 334. The van der Waals surface area contributed by atoms with Crippen LogP contribution in [0.3, 0.4) is 0 Å². The van der Waals surface area contributed by atoms with Crippen LogP contribution in [0.15, 0.2) is 29.2 Å². The first kappa shape index (κ1) is 9.59. The van der Waals surface area contributed by atoms with Crippen molar-refractivity contribution in [3.8, 4) is 0 Å². The summed E-state index contributed by atoms with van der Waals surface area (Å²) in [5, 5.41) is 2.96. The lowest BCUT2D eigenvalue weighted by Gasteiger charge is -2.10. The third kappa shape index (κ3) is 1.93. The van der Waals surface area contributed by atoms with E-state index in [9.17, 15) is 4.79 Å². The Kier molecular flexibility index (Phi) is 2.77. The second-order valence-electron chi connectivity index (χ2n) is 3.43. The number of benzene rings is 1. The van der Waals surface area contributed by atoms with Gasteiger partial charge >= 0.3 is 0 Å². The van der Waals surface area contributed by atoms with Gasteiger partial charge in [-0.25, -0.2) is 0 Å². The van der Waals surface area contributed by atoms with Crippen molar-refractivity contribution < 1.29 is 4.79 Å². The summed E-state index contributed by atoms with van der Waals surface area (Å²) in [5.41, 5.74) is 1.22. The van der Waals surface area contributed by atoms with Crippen LogP contribution in [0.4, 0.5) is 0 Å². The van der Waals surface area contributed by atoms with Gasteiger partial charge in [0.1, 0.15) is 0 Å². The van der Waals surface area contributed by atoms with E-state index < -0.39 is 0 Å². The SMILES string of the molecule is CSc1ccc([C@H]2CCC(=O)N2)cc1. The third-order valence-corrected chi connectivity index (χ3v) is 3.26. The second-order valence-corrected chi connectivity index (χ2v) is 4.31. The Morgan fingerprint density at radius 3 is 2.57 bits per heavy atom. The van der Waals surface area contributed by atoms with Crippen LogP contribution in [-0.4, -0.2) is 12.2 Å². The zero-order valence-corrected chi connectivity index (χ0v) is 8.93. The molecule has 3 heteroatoms. The van der Waals surface area contributed by atoms with Gasteiger partial charge in [-0.15, -0.1) is 11.8 Å². The smallest absolute Gasteiger partial charge is 0.220 e. The maximum Gasteiger partial charge on any atom is 0.220 e. The number of hydrogen-bond acceptors (Lipinski definition) is 2. The summed E-state index contributed by atoms with van der Waals surface area (Å²) < 4.78 is 0. The van der Waals surface area contributed by atoms with Crippen LogP contribution in [0.2, 0.25) is 0 Å². The van der Waals surface area contributed by atoms with Gasteiger partial charge < -0.3 is 5.32 Å². The first-order chi connectivity index (χ1) is 6.79. The third-order valence-electron chi connectivity index (χ3n) is 2.51. The van der Waals surface area contributed by atoms with Crippen LogP contribution >= 0.6 is 11.8 Å². The van der Waals surface area contributed by atoms with E-state index in [1.807, 2.05) is 0 Å². The molecule has 0 unspecified atom stereocenters. The van der Waals surface area contributed by atoms with Gasteiger partial charge in [0.25, 0.3) is 0 Å². The highest BCUT2D eigenvalue weighted by atomic mass is 32.2. The van der Waals surface area contributed by atoms with Crippen LogP contribution in [0.1, 0.15) is 24.4 Å². The van der Waals surface area contributed by atoms with Gasteiger partial charge in [0, 0.05) is 11.3 Å². The number of nitrogens with one attached hydrogen (secondary N) is 1. The van der Waals surface area contributed by atoms with Gasteiger partial charge in [0.05, 0.1) is 6.04 Å². The van der Waals surface area contributed by atoms with Crippen molar-refractivity contribution in [3.63, 3.8) is 0 Å². The summed E-state index contributed by atoms with van der Waals surface area (Å²) in [6.07, 6.45) is 3.65. The van der Waals surface area contributed by atoms with Gasteiger partial charge in [-0.2, -0.15) is 0 Å². The molecular formula is C11H13NOS. The molecule has 1 atom stereocenters. The van der Waals surface area contributed by atoms with Crippen molar-refractivity contribution in [2.75, 3.05) is 6.26 Å². The molecule has 0 saturated carbocycles. The van der Waals surface area contributed by atoms with Gasteiger partial charge in [0.15, 0.2) is 0 Å². The highest BCUT2D eigenvalue weighted by Gasteiger charge is 2.21. The van der Waals surface area contributed by atoms with Crippen LogP contribution in [0.5, 0.6) is 0 Å².